The summed E-state index contributed by atoms with van der Waals surface area (Å²) in [4.78, 5) is 0. The van der Waals surface area contributed by atoms with E-state index in [9.17, 15) is 8.42 Å². The predicted octanol–water partition coefficient (Wildman–Crippen LogP) is -0.322. The molecule has 0 atom stereocenters. The lowest BCUT2D eigenvalue weighted by atomic mass is 9.62. The fraction of sp³-hybridized carbons (Fsp3) is 1.00. The summed E-state index contributed by atoms with van der Waals surface area (Å²) in [6, 6.07) is 0.201. The zero-order valence-corrected chi connectivity index (χ0v) is 8.65. The Balaban J connectivity index is 1.81. The van der Waals surface area contributed by atoms with Crippen molar-refractivity contribution >= 4 is 10.0 Å². The van der Waals surface area contributed by atoms with Crippen molar-refractivity contribution in [3.8, 4) is 0 Å². The van der Waals surface area contributed by atoms with E-state index in [-0.39, 0.29) is 11.8 Å². The molecule has 2 fully saturated rings. The van der Waals surface area contributed by atoms with Crippen LogP contribution in [0, 0.1) is 5.41 Å². The Morgan fingerprint density at radius 2 is 2.08 bits per heavy atom. The van der Waals surface area contributed by atoms with Crippen LogP contribution >= 0.6 is 0 Å². The Labute approximate surface area is 79.1 Å². The maximum absolute atomic E-state index is 11.2. The standard InChI is InChI=1S/C8H16N2O2S/c1-2-13(11,12)10-7-3-8(4-7)5-9-6-8/h7,9-10H,2-6H2,1H3. The minimum Gasteiger partial charge on any atom is -0.316 e. The smallest absolute Gasteiger partial charge is 0.211 e. The summed E-state index contributed by atoms with van der Waals surface area (Å²) in [5, 5.41) is 3.22. The third kappa shape index (κ3) is 1.73. The Bertz CT molecular complexity index is 287. The first-order valence-corrected chi connectivity index (χ1v) is 6.41. The van der Waals surface area contributed by atoms with Gasteiger partial charge in [-0.2, -0.15) is 0 Å². The SMILES string of the molecule is CCS(=O)(=O)NC1CC2(CNC2)C1. The highest BCUT2D eigenvalue weighted by Gasteiger charge is 2.49. The maximum atomic E-state index is 11.2. The number of sulfonamides is 1. The summed E-state index contributed by atoms with van der Waals surface area (Å²) in [6.07, 6.45) is 2.03. The molecular weight excluding hydrogens is 188 g/mol. The molecule has 13 heavy (non-hydrogen) atoms. The van der Waals surface area contributed by atoms with Gasteiger partial charge in [0.15, 0.2) is 0 Å². The monoisotopic (exact) mass is 204 g/mol. The van der Waals surface area contributed by atoms with Crippen LogP contribution in [0.15, 0.2) is 0 Å². The molecule has 1 aliphatic carbocycles. The lowest BCUT2D eigenvalue weighted by molar-refractivity contribution is 0.0328. The largest absolute Gasteiger partial charge is 0.316 e. The van der Waals surface area contributed by atoms with Gasteiger partial charge in [0.05, 0.1) is 5.75 Å². The molecule has 2 N–H and O–H groups in total. The summed E-state index contributed by atoms with van der Waals surface area (Å²) in [5.41, 5.74) is 0.445. The normalized spacial score (nSPS) is 26.8. The summed E-state index contributed by atoms with van der Waals surface area (Å²) >= 11 is 0. The number of hydrogen-bond donors (Lipinski definition) is 2. The van der Waals surface area contributed by atoms with Crippen molar-refractivity contribution < 1.29 is 8.42 Å². The van der Waals surface area contributed by atoms with Crippen LogP contribution < -0.4 is 10.0 Å². The van der Waals surface area contributed by atoms with Gasteiger partial charge in [0.1, 0.15) is 0 Å². The topological polar surface area (TPSA) is 58.2 Å². The van der Waals surface area contributed by atoms with Gasteiger partial charge in [-0.3, -0.25) is 0 Å². The summed E-state index contributed by atoms with van der Waals surface area (Å²) < 4.78 is 25.1. The van der Waals surface area contributed by atoms with E-state index in [0.29, 0.717) is 5.41 Å². The molecule has 5 heteroatoms. The molecule has 0 amide bonds. The minimum absolute atomic E-state index is 0.189. The van der Waals surface area contributed by atoms with E-state index in [1.807, 2.05) is 0 Å². The third-order valence-electron chi connectivity index (χ3n) is 3.09. The van der Waals surface area contributed by atoms with Gasteiger partial charge in [0, 0.05) is 19.1 Å². The lowest BCUT2D eigenvalue weighted by Crippen LogP contribution is -2.65. The van der Waals surface area contributed by atoms with Crippen molar-refractivity contribution in [1.29, 1.82) is 0 Å². The van der Waals surface area contributed by atoms with E-state index < -0.39 is 10.0 Å². The van der Waals surface area contributed by atoms with E-state index in [2.05, 4.69) is 10.0 Å². The summed E-state index contributed by atoms with van der Waals surface area (Å²) in [6.45, 7) is 3.80. The molecule has 0 bridgehead atoms. The van der Waals surface area contributed by atoms with Gasteiger partial charge in [0.25, 0.3) is 0 Å². The zero-order valence-electron chi connectivity index (χ0n) is 7.84. The first-order chi connectivity index (χ1) is 6.05. The van der Waals surface area contributed by atoms with Crippen LogP contribution in [0.4, 0.5) is 0 Å². The minimum atomic E-state index is -2.98. The first-order valence-electron chi connectivity index (χ1n) is 4.76. The zero-order chi connectivity index (χ0) is 9.53. The van der Waals surface area contributed by atoms with Crippen LogP contribution in [0.2, 0.25) is 0 Å². The highest BCUT2D eigenvalue weighted by Crippen LogP contribution is 2.44. The first kappa shape index (κ1) is 9.43. The highest BCUT2D eigenvalue weighted by atomic mass is 32.2. The molecule has 0 radical (unpaired) electrons. The van der Waals surface area contributed by atoms with Crippen molar-refractivity contribution in [1.82, 2.24) is 10.0 Å². The molecule has 76 valence electrons. The van der Waals surface area contributed by atoms with Crippen LogP contribution in [0.5, 0.6) is 0 Å². The molecular formula is C8H16N2O2S. The second-order valence-corrected chi connectivity index (χ2v) is 6.27. The van der Waals surface area contributed by atoms with Gasteiger partial charge in [-0.25, -0.2) is 13.1 Å². The molecule has 0 aromatic carbocycles. The maximum Gasteiger partial charge on any atom is 0.211 e. The van der Waals surface area contributed by atoms with Gasteiger partial charge in [-0.15, -0.1) is 0 Å². The quantitative estimate of drug-likeness (QED) is 0.662. The highest BCUT2D eigenvalue weighted by molar-refractivity contribution is 7.89. The molecule has 4 nitrogen and oxygen atoms in total. The van der Waals surface area contributed by atoms with Crippen molar-refractivity contribution in [2.75, 3.05) is 18.8 Å². The van der Waals surface area contributed by atoms with Crippen LogP contribution in [0.25, 0.3) is 0 Å². The lowest BCUT2D eigenvalue weighted by Gasteiger charge is -2.54. The average Bonchev–Trinajstić information content (AvgIpc) is 1.92. The molecule has 1 spiro atoms. The average molecular weight is 204 g/mol. The molecule has 1 saturated heterocycles. The summed E-state index contributed by atoms with van der Waals surface area (Å²) in [7, 11) is -2.98. The van der Waals surface area contributed by atoms with Crippen LogP contribution in [-0.2, 0) is 10.0 Å². The molecule has 2 rings (SSSR count). The second-order valence-electron chi connectivity index (χ2n) is 4.23. The Kier molecular flexibility index (Phi) is 2.13. The number of hydrogen-bond acceptors (Lipinski definition) is 3. The van der Waals surface area contributed by atoms with Crippen LogP contribution in [0.1, 0.15) is 19.8 Å². The number of nitrogens with one attached hydrogen (secondary N) is 2. The molecule has 1 aliphatic heterocycles. The Morgan fingerprint density at radius 1 is 1.46 bits per heavy atom. The summed E-state index contributed by atoms with van der Waals surface area (Å²) in [5.74, 6) is 0.189. The molecule has 2 aliphatic rings. The van der Waals surface area contributed by atoms with Crippen LogP contribution in [-0.4, -0.2) is 33.3 Å². The molecule has 0 aromatic rings. The van der Waals surface area contributed by atoms with E-state index in [0.717, 1.165) is 25.9 Å². The Hall–Kier alpha value is -0.130. The predicted molar refractivity (Wildman–Crippen MR) is 50.9 cm³/mol. The fourth-order valence-corrected chi connectivity index (χ4v) is 3.01. The van der Waals surface area contributed by atoms with Gasteiger partial charge in [-0.1, -0.05) is 0 Å². The van der Waals surface area contributed by atoms with E-state index in [1.54, 1.807) is 6.92 Å². The van der Waals surface area contributed by atoms with E-state index in [4.69, 9.17) is 0 Å². The van der Waals surface area contributed by atoms with Crippen molar-refractivity contribution in [2.45, 2.75) is 25.8 Å². The van der Waals surface area contributed by atoms with Crippen molar-refractivity contribution in [2.24, 2.45) is 5.41 Å². The van der Waals surface area contributed by atoms with Crippen molar-refractivity contribution in [3.05, 3.63) is 0 Å². The fourth-order valence-electron chi connectivity index (χ4n) is 2.17. The van der Waals surface area contributed by atoms with Crippen LogP contribution in [0.3, 0.4) is 0 Å². The van der Waals surface area contributed by atoms with Gasteiger partial charge < -0.3 is 5.32 Å². The molecule has 0 unspecified atom stereocenters. The third-order valence-corrected chi connectivity index (χ3v) is 4.54. The van der Waals surface area contributed by atoms with Crippen molar-refractivity contribution in [3.63, 3.8) is 0 Å². The van der Waals surface area contributed by atoms with Gasteiger partial charge >= 0.3 is 0 Å². The Morgan fingerprint density at radius 3 is 2.46 bits per heavy atom. The van der Waals surface area contributed by atoms with E-state index in [1.165, 1.54) is 0 Å². The molecule has 1 heterocycles. The molecule has 0 aromatic heterocycles. The second kappa shape index (κ2) is 2.93. The van der Waals surface area contributed by atoms with Gasteiger partial charge in [-0.05, 0) is 25.2 Å². The van der Waals surface area contributed by atoms with Gasteiger partial charge in [0.2, 0.25) is 10.0 Å². The van der Waals surface area contributed by atoms with E-state index >= 15 is 0 Å². The number of rotatable bonds is 3. The molecule has 1 saturated carbocycles.